The second-order valence-corrected chi connectivity index (χ2v) is 8.38. The molecule has 1 saturated carbocycles. The highest BCUT2D eigenvalue weighted by molar-refractivity contribution is 7.89. The van der Waals surface area contributed by atoms with Gasteiger partial charge in [-0.3, -0.25) is 4.79 Å². The van der Waals surface area contributed by atoms with E-state index in [-0.39, 0.29) is 16.8 Å². The molecule has 0 heterocycles. The Balaban J connectivity index is 1.64. The standard InChI is InChI=1S/C20H24N2O4S/c1-26-18-11-7-15(8-12-18)20(23)21-16-9-13-19(14-10-16)27(24,25)22-17-5-3-2-4-6-17/h7-14,17,22H,2-6H2,1H3,(H,21,23). The highest BCUT2D eigenvalue weighted by Gasteiger charge is 2.21. The van der Waals surface area contributed by atoms with E-state index < -0.39 is 10.0 Å². The van der Waals surface area contributed by atoms with Crippen LogP contribution in [-0.2, 0) is 10.0 Å². The fourth-order valence-corrected chi connectivity index (χ4v) is 4.48. The van der Waals surface area contributed by atoms with Gasteiger partial charge in [0, 0.05) is 17.3 Å². The molecule has 27 heavy (non-hydrogen) atoms. The monoisotopic (exact) mass is 388 g/mol. The minimum atomic E-state index is -3.54. The molecule has 0 spiro atoms. The van der Waals surface area contributed by atoms with Gasteiger partial charge >= 0.3 is 0 Å². The van der Waals surface area contributed by atoms with Gasteiger partial charge in [-0.2, -0.15) is 0 Å². The Labute approximate surface area is 160 Å². The molecule has 1 amide bonds. The molecule has 1 aliphatic rings. The summed E-state index contributed by atoms with van der Waals surface area (Å²) in [5, 5.41) is 2.76. The zero-order valence-electron chi connectivity index (χ0n) is 15.3. The number of nitrogens with one attached hydrogen (secondary N) is 2. The fraction of sp³-hybridized carbons (Fsp3) is 0.350. The van der Waals surface area contributed by atoms with Crippen molar-refractivity contribution < 1.29 is 17.9 Å². The van der Waals surface area contributed by atoms with Crippen molar-refractivity contribution in [1.82, 2.24) is 4.72 Å². The summed E-state index contributed by atoms with van der Waals surface area (Å²) in [6.07, 6.45) is 5.05. The summed E-state index contributed by atoms with van der Waals surface area (Å²) in [6.45, 7) is 0. The third-order valence-corrected chi connectivity index (χ3v) is 6.24. The van der Waals surface area contributed by atoms with Crippen molar-refractivity contribution in [2.24, 2.45) is 0 Å². The molecule has 0 saturated heterocycles. The average molecular weight is 388 g/mol. The van der Waals surface area contributed by atoms with Gasteiger partial charge in [-0.1, -0.05) is 19.3 Å². The van der Waals surface area contributed by atoms with Gasteiger partial charge in [-0.05, 0) is 61.4 Å². The summed E-state index contributed by atoms with van der Waals surface area (Å²) < 4.78 is 32.9. The molecule has 0 aromatic heterocycles. The van der Waals surface area contributed by atoms with Crippen LogP contribution in [0.25, 0.3) is 0 Å². The Hall–Kier alpha value is -2.38. The van der Waals surface area contributed by atoms with Crippen molar-refractivity contribution in [3.8, 4) is 5.75 Å². The highest BCUT2D eigenvalue weighted by atomic mass is 32.2. The number of hydrogen-bond acceptors (Lipinski definition) is 4. The smallest absolute Gasteiger partial charge is 0.255 e. The normalized spacial score (nSPS) is 15.3. The molecule has 0 aliphatic heterocycles. The summed E-state index contributed by atoms with van der Waals surface area (Å²) in [6, 6.07) is 13.0. The van der Waals surface area contributed by atoms with E-state index >= 15 is 0 Å². The van der Waals surface area contributed by atoms with Crippen molar-refractivity contribution in [3.63, 3.8) is 0 Å². The topological polar surface area (TPSA) is 84.5 Å². The number of carbonyl (C=O) groups is 1. The van der Waals surface area contributed by atoms with E-state index in [0.717, 1.165) is 25.7 Å². The van der Waals surface area contributed by atoms with E-state index in [4.69, 9.17) is 4.74 Å². The summed E-state index contributed by atoms with van der Waals surface area (Å²) >= 11 is 0. The molecular weight excluding hydrogens is 364 g/mol. The maximum Gasteiger partial charge on any atom is 0.255 e. The van der Waals surface area contributed by atoms with E-state index in [9.17, 15) is 13.2 Å². The Morgan fingerprint density at radius 3 is 2.19 bits per heavy atom. The van der Waals surface area contributed by atoms with Crippen LogP contribution in [0.5, 0.6) is 5.75 Å². The Morgan fingerprint density at radius 1 is 0.963 bits per heavy atom. The molecule has 1 fully saturated rings. The van der Waals surface area contributed by atoms with Crippen LogP contribution < -0.4 is 14.8 Å². The van der Waals surface area contributed by atoms with Crippen LogP contribution in [-0.4, -0.2) is 27.5 Å². The van der Waals surface area contributed by atoms with Crippen LogP contribution >= 0.6 is 0 Å². The lowest BCUT2D eigenvalue weighted by atomic mass is 9.96. The summed E-state index contributed by atoms with van der Waals surface area (Å²) in [7, 11) is -1.98. The third-order valence-electron chi connectivity index (χ3n) is 4.70. The minimum Gasteiger partial charge on any atom is -0.497 e. The van der Waals surface area contributed by atoms with Gasteiger partial charge in [-0.15, -0.1) is 0 Å². The van der Waals surface area contributed by atoms with Crippen LogP contribution in [0.1, 0.15) is 42.5 Å². The molecule has 1 aliphatic carbocycles. The molecule has 0 unspecified atom stereocenters. The predicted molar refractivity (Wildman–Crippen MR) is 105 cm³/mol. The zero-order valence-corrected chi connectivity index (χ0v) is 16.1. The first kappa shape index (κ1) is 19.4. The second-order valence-electron chi connectivity index (χ2n) is 6.66. The van der Waals surface area contributed by atoms with Gasteiger partial charge in [0.2, 0.25) is 10.0 Å². The van der Waals surface area contributed by atoms with Crippen molar-refractivity contribution in [1.29, 1.82) is 0 Å². The average Bonchev–Trinajstić information content (AvgIpc) is 2.69. The number of methoxy groups -OCH3 is 1. The molecule has 6 nitrogen and oxygen atoms in total. The predicted octanol–water partition coefficient (Wildman–Crippen LogP) is 3.56. The van der Waals surface area contributed by atoms with Crippen molar-refractivity contribution in [2.45, 2.75) is 43.0 Å². The fourth-order valence-electron chi connectivity index (χ4n) is 3.17. The van der Waals surface area contributed by atoms with Gasteiger partial charge in [0.25, 0.3) is 5.91 Å². The van der Waals surface area contributed by atoms with Crippen LogP contribution in [0.3, 0.4) is 0 Å². The largest absolute Gasteiger partial charge is 0.497 e. The number of amides is 1. The molecule has 0 radical (unpaired) electrons. The van der Waals surface area contributed by atoms with E-state index in [2.05, 4.69) is 10.0 Å². The lowest BCUT2D eigenvalue weighted by Gasteiger charge is -2.22. The number of rotatable bonds is 6. The van der Waals surface area contributed by atoms with E-state index in [1.165, 1.54) is 18.6 Å². The molecule has 2 N–H and O–H groups in total. The number of hydrogen-bond donors (Lipinski definition) is 2. The Morgan fingerprint density at radius 2 is 1.59 bits per heavy atom. The first-order valence-corrected chi connectivity index (χ1v) is 10.5. The van der Waals surface area contributed by atoms with Crippen LogP contribution in [0.15, 0.2) is 53.4 Å². The van der Waals surface area contributed by atoms with E-state index in [0.29, 0.717) is 17.0 Å². The lowest BCUT2D eigenvalue weighted by Crippen LogP contribution is -2.36. The number of carbonyl (C=O) groups excluding carboxylic acids is 1. The molecule has 0 bridgehead atoms. The number of benzene rings is 2. The maximum atomic E-state index is 12.5. The molecular formula is C20H24N2O4S. The second kappa shape index (κ2) is 8.54. The Kier molecular flexibility index (Phi) is 6.13. The molecule has 2 aromatic carbocycles. The van der Waals surface area contributed by atoms with Gasteiger partial charge in [0.15, 0.2) is 0 Å². The molecule has 0 atom stereocenters. The van der Waals surface area contributed by atoms with E-state index in [1.54, 1.807) is 43.5 Å². The SMILES string of the molecule is COc1ccc(C(=O)Nc2ccc(S(=O)(=O)NC3CCCCC3)cc2)cc1. The van der Waals surface area contributed by atoms with Crippen molar-refractivity contribution in [3.05, 3.63) is 54.1 Å². The number of anilines is 1. The first-order chi connectivity index (χ1) is 13.0. The zero-order chi connectivity index (χ0) is 19.3. The van der Waals surface area contributed by atoms with Gasteiger partial charge in [-0.25, -0.2) is 13.1 Å². The Bertz CT molecular complexity index is 871. The maximum absolute atomic E-state index is 12.5. The summed E-state index contributed by atoms with van der Waals surface area (Å²) in [5.41, 5.74) is 1.03. The molecule has 7 heteroatoms. The lowest BCUT2D eigenvalue weighted by molar-refractivity contribution is 0.102. The van der Waals surface area contributed by atoms with Gasteiger partial charge in [0.1, 0.15) is 5.75 Å². The number of ether oxygens (including phenoxy) is 1. The third kappa shape index (κ3) is 5.08. The first-order valence-electron chi connectivity index (χ1n) is 9.06. The summed E-state index contributed by atoms with van der Waals surface area (Å²) in [5.74, 6) is 0.403. The van der Waals surface area contributed by atoms with Crippen molar-refractivity contribution in [2.75, 3.05) is 12.4 Å². The molecule has 3 rings (SSSR count). The van der Waals surface area contributed by atoms with Crippen LogP contribution in [0.4, 0.5) is 5.69 Å². The summed E-state index contributed by atoms with van der Waals surface area (Å²) in [4.78, 5) is 12.5. The van der Waals surface area contributed by atoms with Crippen LogP contribution in [0, 0.1) is 0 Å². The van der Waals surface area contributed by atoms with Gasteiger partial charge < -0.3 is 10.1 Å². The number of sulfonamides is 1. The van der Waals surface area contributed by atoms with Crippen molar-refractivity contribution >= 4 is 21.6 Å². The molecule has 2 aromatic rings. The molecule has 144 valence electrons. The minimum absolute atomic E-state index is 0.0122. The van der Waals surface area contributed by atoms with Gasteiger partial charge in [0.05, 0.1) is 12.0 Å². The van der Waals surface area contributed by atoms with Crippen LogP contribution in [0.2, 0.25) is 0 Å². The highest BCUT2D eigenvalue weighted by Crippen LogP contribution is 2.21. The quantitative estimate of drug-likeness (QED) is 0.792. The van der Waals surface area contributed by atoms with E-state index in [1.807, 2.05) is 0 Å².